The fourth-order valence-corrected chi connectivity index (χ4v) is 10.7. The normalized spacial score (nSPS) is 22.3. The molecule has 4 heterocycles. The van der Waals surface area contributed by atoms with Crippen molar-refractivity contribution in [3.05, 3.63) is 124 Å². The molecule has 2 saturated carbocycles. The second-order valence-corrected chi connectivity index (χ2v) is 19.0. The number of aromatic amines is 1. The number of allylic oxidation sites excluding steroid dienone is 1. The van der Waals surface area contributed by atoms with Crippen LogP contribution in [-0.2, 0) is 14.8 Å². The van der Waals surface area contributed by atoms with E-state index < -0.39 is 31.4 Å². The molecule has 2 aromatic heterocycles. The van der Waals surface area contributed by atoms with Crippen LogP contribution in [0.25, 0.3) is 16.6 Å². The van der Waals surface area contributed by atoms with E-state index in [4.69, 9.17) is 9.47 Å². The molecule has 5 aromatic rings. The van der Waals surface area contributed by atoms with Gasteiger partial charge in [-0.1, -0.05) is 36.4 Å². The Morgan fingerprint density at radius 2 is 1.82 bits per heavy atom. The minimum Gasteiger partial charge on any atom is -0.455 e. The third-order valence-corrected chi connectivity index (χ3v) is 14.5. The summed E-state index contributed by atoms with van der Waals surface area (Å²) in [5, 5.41) is 16.1. The molecule has 1 amide bonds. The summed E-state index contributed by atoms with van der Waals surface area (Å²) in [7, 11) is -4.56. The average molecular weight is 858 g/mol. The van der Waals surface area contributed by atoms with Gasteiger partial charge in [0.15, 0.2) is 0 Å². The number of aromatic nitrogens is 2. The molecule has 0 radical (unpaired) electrons. The van der Waals surface area contributed by atoms with Crippen molar-refractivity contribution in [3.8, 4) is 11.5 Å². The van der Waals surface area contributed by atoms with Crippen molar-refractivity contribution < 1.29 is 27.6 Å². The second-order valence-electron chi connectivity index (χ2n) is 17.3. The van der Waals surface area contributed by atoms with Crippen LogP contribution in [0.1, 0.15) is 96.8 Å². The van der Waals surface area contributed by atoms with Crippen LogP contribution >= 0.6 is 0 Å². The number of nitrogens with zero attached hydrogens (tertiary/aromatic N) is 4. The highest BCUT2D eigenvalue weighted by atomic mass is 32.2. The molecular weight excluding hydrogens is 807 g/mol. The monoisotopic (exact) mass is 857 g/mol. The average Bonchev–Trinajstić information content (AvgIpc) is 4.22. The first-order valence-electron chi connectivity index (χ1n) is 21.9. The summed E-state index contributed by atoms with van der Waals surface area (Å²) in [6.07, 6.45) is 15.5. The van der Waals surface area contributed by atoms with Gasteiger partial charge in [0.05, 0.1) is 34.3 Å². The highest BCUT2D eigenvalue weighted by molar-refractivity contribution is 7.90. The molecule has 0 spiro atoms. The van der Waals surface area contributed by atoms with Crippen molar-refractivity contribution in [1.29, 1.82) is 0 Å². The van der Waals surface area contributed by atoms with E-state index in [0.29, 0.717) is 48.6 Å². The lowest BCUT2D eigenvalue weighted by molar-refractivity contribution is -0.384. The number of hydrogen-bond acceptors (Lipinski definition) is 11. The molecule has 0 bridgehead atoms. The lowest BCUT2D eigenvalue weighted by Crippen LogP contribution is -2.46. The summed E-state index contributed by atoms with van der Waals surface area (Å²) in [6, 6.07) is 22.9. The van der Waals surface area contributed by atoms with Gasteiger partial charge in [-0.2, -0.15) is 0 Å². The van der Waals surface area contributed by atoms with E-state index in [1.54, 1.807) is 30.6 Å². The molecule has 62 heavy (non-hydrogen) atoms. The second kappa shape index (κ2) is 16.9. The minimum absolute atomic E-state index is 0.0180. The highest BCUT2D eigenvalue weighted by Crippen LogP contribution is 2.47. The molecule has 10 rings (SSSR count). The summed E-state index contributed by atoms with van der Waals surface area (Å²) in [5.41, 5.74) is 5.43. The Bertz CT molecular complexity index is 2660. The Balaban J connectivity index is 0.874. The van der Waals surface area contributed by atoms with Crippen molar-refractivity contribution in [3.63, 3.8) is 0 Å². The molecule has 3 unspecified atom stereocenters. The number of hydrogen-bond donors (Lipinski definition) is 3. The van der Waals surface area contributed by atoms with Crippen LogP contribution in [0.2, 0.25) is 0 Å². The number of carbonyl (C=O) groups is 1. The summed E-state index contributed by atoms with van der Waals surface area (Å²) in [4.78, 5) is 37.7. The van der Waals surface area contributed by atoms with Gasteiger partial charge in [0.1, 0.15) is 22.8 Å². The third-order valence-electron chi connectivity index (χ3n) is 13.2. The number of benzene rings is 3. The smallest absolute Gasteiger partial charge is 0.293 e. The first kappa shape index (κ1) is 40.5. The predicted molar refractivity (Wildman–Crippen MR) is 236 cm³/mol. The number of rotatable bonds is 14. The first-order valence-corrected chi connectivity index (χ1v) is 23.4. The van der Waals surface area contributed by atoms with E-state index in [-0.39, 0.29) is 23.1 Å². The molecule has 2 saturated heterocycles. The quantitative estimate of drug-likeness (QED) is 0.0725. The Morgan fingerprint density at radius 1 is 0.968 bits per heavy atom. The lowest BCUT2D eigenvalue weighted by atomic mass is 9.88. The van der Waals surface area contributed by atoms with Gasteiger partial charge in [-0.25, -0.2) is 18.1 Å². The molecule has 322 valence electrons. The molecule has 3 atom stereocenters. The summed E-state index contributed by atoms with van der Waals surface area (Å²) < 4.78 is 41.9. The van der Waals surface area contributed by atoms with Crippen molar-refractivity contribution >= 4 is 43.9 Å². The number of nitro benzene ring substituents is 1. The van der Waals surface area contributed by atoms with Gasteiger partial charge in [0.25, 0.3) is 21.6 Å². The zero-order valence-electron chi connectivity index (χ0n) is 34.5. The summed E-state index contributed by atoms with van der Waals surface area (Å²) >= 11 is 0. The highest BCUT2D eigenvalue weighted by Gasteiger charge is 2.37. The van der Waals surface area contributed by atoms with Crippen LogP contribution in [0.4, 0.5) is 11.4 Å². The maximum absolute atomic E-state index is 14.0. The number of sulfonamides is 1. The van der Waals surface area contributed by atoms with E-state index in [9.17, 15) is 23.3 Å². The number of amides is 1. The van der Waals surface area contributed by atoms with Crippen molar-refractivity contribution in [2.45, 2.75) is 92.8 Å². The van der Waals surface area contributed by atoms with E-state index >= 15 is 0 Å². The van der Waals surface area contributed by atoms with Gasteiger partial charge in [-0.05, 0) is 129 Å². The van der Waals surface area contributed by atoms with Crippen LogP contribution in [-0.4, -0.2) is 90.0 Å². The molecule has 14 nitrogen and oxygen atoms in total. The van der Waals surface area contributed by atoms with E-state index in [1.807, 2.05) is 12.1 Å². The molecule has 3 N–H and O–H groups in total. The lowest BCUT2D eigenvalue weighted by Gasteiger charge is -2.36. The number of H-pyrrole nitrogens is 1. The van der Waals surface area contributed by atoms with Crippen molar-refractivity contribution in [1.82, 2.24) is 24.5 Å². The number of carbonyl (C=O) groups excluding carboxylic acids is 1. The SMILES string of the molecule is O=C(NS(=O)(=O)c1ccc(NCC2CN(C3CC3)CCO2)c([N+](=O)[O-])c1)c1ccc(C2=CCC(N3CCCC3c3ccccc3C3CC3)CC2)cc1Oc1cnc2[nH]ccc2c1. The standard InChI is InChI=1S/C47H51N7O7S/c55-47(51-62(58,59)38-16-18-42(44(26-38)54(56)57)49-28-37-29-52(22-23-60-37)34-14-15-34)41-17-11-32(25-45(41)61-36-24-33-19-20-48-46(33)50-27-36)30-9-12-35(13-10-30)53-21-3-6-43(53)40-5-2-1-4-39(40)31-7-8-31/h1-2,4-5,9,11,16-20,24-27,31,34-35,37,43,49H,3,6-8,10,12-15,21-23,28-29H2,(H,48,50)(H,51,55). The van der Waals surface area contributed by atoms with Crippen LogP contribution < -0.4 is 14.8 Å². The van der Waals surface area contributed by atoms with Crippen molar-refractivity contribution in [2.75, 3.05) is 38.1 Å². The van der Waals surface area contributed by atoms with E-state index in [0.717, 1.165) is 61.5 Å². The third kappa shape index (κ3) is 8.58. The number of ether oxygens (including phenoxy) is 2. The number of fused-ring (bicyclic) bond motifs is 1. The number of nitro groups is 1. The van der Waals surface area contributed by atoms with Gasteiger partial charge >= 0.3 is 0 Å². The number of nitrogens with one attached hydrogen (secondary N) is 3. The predicted octanol–water partition coefficient (Wildman–Crippen LogP) is 8.31. The number of morpholine rings is 1. The van der Waals surface area contributed by atoms with E-state index in [1.165, 1.54) is 61.8 Å². The zero-order chi connectivity index (χ0) is 42.4. The number of pyridine rings is 1. The van der Waals surface area contributed by atoms with E-state index in [2.05, 4.69) is 60.1 Å². The first-order chi connectivity index (χ1) is 30.2. The Hall–Kier alpha value is -5.61. The van der Waals surface area contributed by atoms with Crippen LogP contribution in [0.5, 0.6) is 11.5 Å². The Kier molecular flexibility index (Phi) is 11.0. The maximum Gasteiger partial charge on any atom is 0.293 e. The van der Waals surface area contributed by atoms with Gasteiger partial charge < -0.3 is 19.8 Å². The molecule has 15 heteroatoms. The largest absolute Gasteiger partial charge is 0.455 e. The van der Waals surface area contributed by atoms with Gasteiger partial charge in [0, 0.05) is 55.4 Å². The Labute approximate surface area is 360 Å². The summed E-state index contributed by atoms with van der Waals surface area (Å²) in [5.74, 6) is 0.288. The molecule has 2 aliphatic heterocycles. The number of anilines is 1. The molecular formula is C47H51N7O7S. The summed E-state index contributed by atoms with van der Waals surface area (Å²) in [6.45, 7) is 3.59. The maximum atomic E-state index is 14.0. The molecule has 3 aromatic carbocycles. The number of likely N-dealkylation sites (tertiary alicyclic amines) is 1. The topological polar surface area (TPSA) is 172 Å². The molecule has 5 aliphatic rings. The van der Waals surface area contributed by atoms with Crippen LogP contribution in [0.15, 0.2) is 96.2 Å². The fourth-order valence-electron chi connectivity index (χ4n) is 9.70. The van der Waals surface area contributed by atoms with Gasteiger partial charge in [-0.15, -0.1) is 0 Å². The fraction of sp³-hybridized carbons (Fsp3) is 0.404. The van der Waals surface area contributed by atoms with Crippen LogP contribution in [0.3, 0.4) is 0 Å². The van der Waals surface area contributed by atoms with Crippen LogP contribution in [0, 0.1) is 10.1 Å². The Morgan fingerprint density at radius 3 is 2.61 bits per heavy atom. The minimum atomic E-state index is -4.56. The van der Waals surface area contributed by atoms with Gasteiger partial charge in [0.2, 0.25) is 0 Å². The zero-order valence-corrected chi connectivity index (χ0v) is 35.3. The van der Waals surface area contributed by atoms with Gasteiger partial charge in [-0.3, -0.25) is 24.7 Å². The van der Waals surface area contributed by atoms with Crippen molar-refractivity contribution in [2.24, 2.45) is 0 Å². The molecule has 4 fully saturated rings. The molecule has 3 aliphatic carbocycles.